The van der Waals surface area contributed by atoms with Crippen LogP contribution in [0, 0.1) is 0 Å². The fourth-order valence-corrected chi connectivity index (χ4v) is 3.47. The van der Waals surface area contributed by atoms with E-state index in [0.717, 1.165) is 22.2 Å². The summed E-state index contributed by atoms with van der Waals surface area (Å²) in [6.07, 6.45) is -0.0493. The van der Waals surface area contributed by atoms with Crippen LogP contribution in [0.3, 0.4) is 0 Å². The van der Waals surface area contributed by atoms with Crippen LogP contribution in [0.1, 0.15) is 28.5 Å². The van der Waals surface area contributed by atoms with E-state index >= 15 is 0 Å². The van der Waals surface area contributed by atoms with Crippen LogP contribution in [-0.4, -0.2) is 45.9 Å². The molecule has 2 N–H and O–H groups in total. The third-order valence-electron chi connectivity index (χ3n) is 4.69. The largest absolute Gasteiger partial charge is 0.497 e. The van der Waals surface area contributed by atoms with Crippen LogP contribution in [0.2, 0.25) is 0 Å². The number of aromatic nitrogens is 2. The van der Waals surface area contributed by atoms with E-state index in [1.807, 2.05) is 48.5 Å². The van der Waals surface area contributed by atoms with Crippen molar-refractivity contribution < 1.29 is 14.6 Å². The molecule has 0 spiro atoms. The molecule has 0 radical (unpaired) electrons. The van der Waals surface area contributed by atoms with E-state index in [2.05, 4.69) is 10.2 Å². The molecule has 6 nitrogen and oxygen atoms in total. The van der Waals surface area contributed by atoms with E-state index in [1.54, 1.807) is 12.0 Å². The first-order chi connectivity index (χ1) is 12.2. The van der Waals surface area contributed by atoms with Crippen molar-refractivity contribution in [3.05, 3.63) is 59.8 Å². The molecule has 2 unspecified atom stereocenters. The van der Waals surface area contributed by atoms with Gasteiger partial charge in [0.05, 0.1) is 24.8 Å². The van der Waals surface area contributed by atoms with Gasteiger partial charge >= 0.3 is 0 Å². The number of hydrogen-bond donors (Lipinski definition) is 2. The first kappa shape index (κ1) is 15.7. The van der Waals surface area contributed by atoms with Crippen LogP contribution in [0.25, 0.3) is 10.9 Å². The van der Waals surface area contributed by atoms with Crippen molar-refractivity contribution in [2.24, 2.45) is 0 Å². The number of nitrogens with one attached hydrogen (secondary N) is 1. The molecular formula is C19H19N3O3. The minimum Gasteiger partial charge on any atom is -0.497 e. The number of carbonyl (C=O) groups excluding carboxylic acids is 1. The van der Waals surface area contributed by atoms with Crippen molar-refractivity contribution in [2.45, 2.75) is 18.6 Å². The van der Waals surface area contributed by atoms with Crippen LogP contribution in [0.4, 0.5) is 0 Å². The molecule has 3 aromatic rings. The van der Waals surface area contributed by atoms with E-state index in [9.17, 15) is 9.90 Å². The number of ether oxygens (including phenoxy) is 1. The molecule has 6 heteroatoms. The highest BCUT2D eigenvalue weighted by Gasteiger charge is 2.37. The van der Waals surface area contributed by atoms with Gasteiger partial charge in [-0.25, -0.2) is 0 Å². The Hall–Kier alpha value is -2.86. The van der Waals surface area contributed by atoms with Gasteiger partial charge in [0.25, 0.3) is 5.91 Å². The minimum absolute atomic E-state index is 0.179. The van der Waals surface area contributed by atoms with Gasteiger partial charge < -0.3 is 14.7 Å². The van der Waals surface area contributed by atoms with Gasteiger partial charge in [-0.2, -0.15) is 5.10 Å². The Morgan fingerprint density at radius 2 is 2.12 bits per heavy atom. The number of aromatic amines is 1. The second kappa shape index (κ2) is 6.22. The topological polar surface area (TPSA) is 78.5 Å². The summed E-state index contributed by atoms with van der Waals surface area (Å²) >= 11 is 0. The number of amides is 1. The minimum atomic E-state index is -0.551. The van der Waals surface area contributed by atoms with Crippen molar-refractivity contribution in [3.63, 3.8) is 0 Å². The van der Waals surface area contributed by atoms with Gasteiger partial charge in [0.2, 0.25) is 0 Å². The molecule has 1 aliphatic heterocycles. The quantitative estimate of drug-likeness (QED) is 0.770. The van der Waals surface area contributed by atoms with Crippen molar-refractivity contribution in [1.29, 1.82) is 0 Å². The second-order valence-electron chi connectivity index (χ2n) is 6.26. The molecule has 2 heterocycles. The van der Waals surface area contributed by atoms with Crippen LogP contribution in [0.15, 0.2) is 48.5 Å². The molecular weight excluding hydrogens is 318 g/mol. The number of H-pyrrole nitrogens is 1. The zero-order valence-corrected chi connectivity index (χ0v) is 13.8. The lowest BCUT2D eigenvalue weighted by Gasteiger charge is -2.24. The van der Waals surface area contributed by atoms with E-state index in [0.29, 0.717) is 18.7 Å². The fraction of sp³-hybridized carbons (Fsp3) is 0.263. The number of β-amino-alcohol motifs (C(OH)–C–C–N with tert-alkyl or cyclic N) is 1. The first-order valence-electron chi connectivity index (χ1n) is 8.23. The lowest BCUT2D eigenvalue weighted by atomic mass is 10.0. The average molecular weight is 337 g/mol. The molecule has 1 aliphatic rings. The summed E-state index contributed by atoms with van der Waals surface area (Å²) in [5, 5.41) is 18.1. The first-order valence-corrected chi connectivity index (χ1v) is 8.23. The summed E-state index contributed by atoms with van der Waals surface area (Å²) in [7, 11) is 1.61. The number of rotatable bonds is 3. The predicted molar refractivity (Wildman–Crippen MR) is 93.5 cm³/mol. The molecule has 1 amide bonds. The Morgan fingerprint density at radius 1 is 1.28 bits per heavy atom. The van der Waals surface area contributed by atoms with Gasteiger partial charge in [0.15, 0.2) is 5.69 Å². The van der Waals surface area contributed by atoms with Gasteiger partial charge in [0.1, 0.15) is 5.75 Å². The number of aliphatic hydroxyl groups excluding tert-OH is 1. The van der Waals surface area contributed by atoms with Crippen molar-refractivity contribution in [1.82, 2.24) is 15.1 Å². The maximum absolute atomic E-state index is 13.1. The Balaban J connectivity index is 1.70. The Bertz CT molecular complexity index is 921. The van der Waals surface area contributed by atoms with E-state index in [1.165, 1.54) is 0 Å². The predicted octanol–water partition coefficient (Wildman–Crippen LogP) is 2.52. The number of aliphatic hydroxyl groups is 1. The highest BCUT2D eigenvalue weighted by Crippen LogP contribution is 2.35. The molecule has 4 rings (SSSR count). The lowest BCUT2D eigenvalue weighted by Crippen LogP contribution is -2.32. The molecule has 2 atom stereocenters. The summed E-state index contributed by atoms with van der Waals surface area (Å²) < 4.78 is 5.28. The molecule has 0 aliphatic carbocycles. The molecule has 128 valence electrons. The summed E-state index contributed by atoms with van der Waals surface area (Å²) in [6.45, 7) is 0.294. The van der Waals surface area contributed by atoms with Crippen LogP contribution in [-0.2, 0) is 0 Å². The SMILES string of the molecule is COc1cccc(C2CC(O)CN2C(=O)c2n[nH]c3ccccc23)c1. The van der Waals surface area contributed by atoms with Crippen LogP contribution in [0.5, 0.6) is 5.75 Å². The van der Waals surface area contributed by atoms with E-state index in [4.69, 9.17) is 4.74 Å². The Morgan fingerprint density at radius 3 is 2.96 bits per heavy atom. The Kier molecular flexibility index (Phi) is 3.89. The van der Waals surface area contributed by atoms with Gasteiger partial charge in [-0.1, -0.05) is 30.3 Å². The number of likely N-dealkylation sites (tertiary alicyclic amines) is 1. The van der Waals surface area contributed by atoms with Gasteiger partial charge in [-0.3, -0.25) is 9.89 Å². The number of hydrogen-bond acceptors (Lipinski definition) is 4. The molecule has 1 saturated heterocycles. The van der Waals surface area contributed by atoms with Crippen molar-refractivity contribution in [3.8, 4) is 5.75 Å². The molecule has 0 bridgehead atoms. The molecule has 2 aromatic carbocycles. The van der Waals surface area contributed by atoms with Crippen molar-refractivity contribution >= 4 is 16.8 Å². The van der Waals surface area contributed by atoms with Gasteiger partial charge in [-0.05, 0) is 30.2 Å². The zero-order chi connectivity index (χ0) is 17.4. The number of benzene rings is 2. The summed E-state index contributed by atoms with van der Waals surface area (Å²) in [4.78, 5) is 14.8. The van der Waals surface area contributed by atoms with E-state index in [-0.39, 0.29) is 11.9 Å². The highest BCUT2D eigenvalue weighted by molar-refractivity contribution is 6.04. The number of fused-ring (bicyclic) bond motifs is 1. The maximum atomic E-state index is 13.1. The number of para-hydroxylation sites is 1. The van der Waals surface area contributed by atoms with E-state index < -0.39 is 6.10 Å². The van der Waals surface area contributed by atoms with Crippen LogP contribution < -0.4 is 4.74 Å². The molecule has 1 aromatic heterocycles. The third-order valence-corrected chi connectivity index (χ3v) is 4.69. The number of methoxy groups -OCH3 is 1. The monoisotopic (exact) mass is 337 g/mol. The number of carbonyl (C=O) groups is 1. The maximum Gasteiger partial charge on any atom is 0.275 e. The lowest BCUT2D eigenvalue weighted by molar-refractivity contribution is 0.0711. The summed E-state index contributed by atoms with van der Waals surface area (Å²) in [5.74, 6) is 0.554. The second-order valence-corrected chi connectivity index (χ2v) is 6.26. The Labute approximate surface area is 145 Å². The molecule has 25 heavy (non-hydrogen) atoms. The van der Waals surface area contributed by atoms with Gasteiger partial charge in [-0.15, -0.1) is 0 Å². The number of nitrogens with zero attached hydrogens (tertiary/aromatic N) is 2. The average Bonchev–Trinajstić information content (AvgIpc) is 3.25. The summed E-state index contributed by atoms with van der Waals surface area (Å²) in [5.41, 5.74) is 2.16. The summed E-state index contributed by atoms with van der Waals surface area (Å²) in [6, 6.07) is 15.0. The molecule has 1 fully saturated rings. The van der Waals surface area contributed by atoms with Gasteiger partial charge in [0, 0.05) is 11.9 Å². The fourth-order valence-electron chi connectivity index (χ4n) is 3.47. The highest BCUT2D eigenvalue weighted by atomic mass is 16.5. The molecule has 0 saturated carbocycles. The van der Waals surface area contributed by atoms with Crippen molar-refractivity contribution in [2.75, 3.05) is 13.7 Å². The van der Waals surface area contributed by atoms with Crippen LogP contribution >= 0.6 is 0 Å². The third kappa shape index (κ3) is 2.74. The standard InChI is InChI=1S/C19H19N3O3/c1-25-14-6-4-5-12(9-14)17-10-13(23)11-22(17)19(24)18-15-7-2-3-8-16(15)20-21-18/h2-9,13,17,23H,10-11H2,1H3,(H,20,21). The smallest absolute Gasteiger partial charge is 0.275 e. The normalized spacial score (nSPS) is 20.2. The zero-order valence-electron chi connectivity index (χ0n) is 13.8.